The number of thiazole rings is 1. The number of aryl methyl sites for hydroxylation is 2. The number of nitrogens with zero attached hydrogens (tertiary/aromatic N) is 1. The van der Waals surface area contributed by atoms with Crippen LogP contribution in [0.1, 0.15) is 34.1 Å². The number of rotatable bonds is 3. The maximum atomic E-state index is 6.28. The summed E-state index contributed by atoms with van der Waals surface area (Å²) in [5, 5.41) is 1.65. The average Bonchev–Trinajstić information content (AvgIpc) is 2.70. The zero-order chi connectivity index (χ0) is 13.3. The molecule has 5 heteroatoms. The van der Waals surface area contributed by atoms with Crippen LogP contribution in [-0.4, -0.2) is 4.98 Å². The molecule has 1 aromatic heterocycles. The van der Waals surface area contributed by atoms with E-state index >= 15 is 0 Å². The van der Waals surface area contributed by atoms with Crippen LogP contribution >= 0.6 is 38.9 Å². The summed E-state index contributed by atoms with van der Waals surface area (Å²) < 4.78 is 0.924. The van der Waals surface area contributed by atoms with Crippen LogP contribution in [0.25, 0.3) is 0 Å². The molecule has 0 saturated heterocycles. The van der Waals surface area contributed by atoms with Gasteiger partial charge in [-0.15, -0.1) is 11.3 Å². The molecule has 0 saturated carbocycles. The molecule has 0 fully saturated rings. The molecule has 2 rings (SSSR count). The summed E-state index contributed by atoms with van der Waals surface area (Å²) in [4.78, 5) is 5.85. The Bertz CT molecular complexity index is 568. The van der Waals surface area contributed by atoms with Crippen molar-refractivity contribution in [1.29, 1.82) is 0 Å². The Morgan fingerprint density at radius 3 is 2.78 bits per heavy atom. The molecule has 2 aromatic rings. The van der Waals surface area contributed by atoms with Crippen molar-refractivity contribution >= 4 is 38.9 Å². The van der Waals surface area contributed by atoms with Gasteiger partial charge in [0.1, 0.15) is 5.01 Å². The molecule has 2 nitrogen and oxygen atoms in total. The number of nitrogens with two attached hydrogens (primary N) is 1. The van der Waals surface area contributed by atoms with Crippen LogP contribution in [-0.2, 0) is 6.42 Å². The van der Waals surface area contributed by atoms with Crippen molar-refractivity contribution in [2.75, 3.05) is 0 Å². The Morgan fingerprint density at radius 2 is 2.22 bits per heavy atom. The van der Waals surface area contributed by atoms with Crippen LogP contribution in [0.2, 0.25) is 5.02 Å². The van der Waals surface area contributed by atoms with E-state index in [0.29, 0.717) is 5.02 Å². The molecule has 1 aromatic carbocycles. The fourth-order valence-corrected chi connectivity index (χ4v) is 3.76. The number of hydrogen-bond donors (Lipinski definition) is 1. The predicted molar refractivity (Wildman–Crippen MR) is 81.4 cm³/mol. The van der Waals surface area contributed by atoms with Crippen LogP contribution in [0.3, 0.4) is 0 Å². The third kappa shape index (κ3) is 2.77. The minimum atomic E-state index is -0.208. The summed E-state index contributed by atoms with van der Waals surface area (Å²) in [5.41, 5.74) is 8.42. The van der Waals surface area contributed by atoms with E-state index in [1.165, 1.54) is 4.88 Å². The zero-order valence-corrected chi connectivity index (χ0v) is 13.4. The first kappa shape index (κ1) is 14.0. The smallest absolute Gasteiger partial charge is 0.114 e. The highest BCUT2D eigenvalue weighted by molar-refractivity contribution is 9.10. The highest BCUT2D eigenvalue weighted by atomic mass is 79.9. The van der Waals surface area contributed by atoms with Gasteiger partial charge in [0.2, 0.25) is 0 Å². The fraction of sp³-hybridized carbons (Fsp3) is 0.308. The Kier molecular flexibility index (Phi) is 4.43. The SMILES string of the molecule is CCc1nc(C(N)c2ccc(Cl)cc2Br)sc1C. The molecule has 0 aliphatic heterocycles. The van der Waals surface area contributed by atoms with E-state index in [4.69, 9.17) is 17.3 Å². The van der Waals surface area contributed by atoms with Gasteiger partial charge in [-0.3, -0.25) is 0 Å². The van der Waals surface area contributed by atoms with E-state index in [1.54, 1.807) is 11.3 Å². The Labute approximate surface area is 124 Å². The van der Waals surface area contributed by atoms with Gasteiger partial charge in [0, 0.05) is 14.4 Å². The molecular formula is C13H14BrClN2S. The first-order valence-corrected chi connectivity index (χ1v) is 7.68. The van der Waals surface area contributed by atoms with Crippen LogP contribution in [0.5, 0.6) is 0 Å². The Morgan fingerprint density at radius 1 is 1.50 bits per heavy atom. The molecule has 18 heavy (non-hydrogen) atoms. The molecule has 0 amide bonds. The second-order valence-electron chi connectivity index (χ2n) is 4.05. The molecule has 96 valence electrons. The van der Waals surface area contributed by atoms with Gasteiger partial charge in [-0.05, 0) is 31.0 Å². The first-order chi connectivity index (χ1) is 8.52. The van der Waals surface area contributed by atoms with Crippen molar-refractivity contribution in [3.8, 4) is 0 Å². The molecule has 2 N–H and O–H groups in total. The van der Waals surface area contributed by atoms with Crippen molar-refractivity contribution in [2.24, 2.45) is 5.73 Å². The zero-order valence-electron chi connectivity index (χ0n) is 10.2. The fourth-order valence-electron chi connectivity index (χ4n) is 1.80. The summed E-state index contributed by atoms with van der Waals surface area (Å²) in [6.45, 7) is 4.19. The van der Waals surface area contributed by atoms with E-state index in [0.717, 1.165) is 27.2 Å². The normalized spacial score (nSPS) is 12.7. The summed E-state index contributed by atoms with van der Waals surface area (Å²) in [5.74, 6) is 0. The third-order valence-corrected chi connectivity index (χ3v) is 4.83. The number of benzene rings is 1. The number of hydrogen-bond acceptors (Lipinski definition) is 3. The van der Waals surface area contributed by atoms with Crippen molar-refractivity contribution in [3.05, 3.63) is 48.8 Å². The average molecular weight is 346 g/mol. The third-order valence-electron chi connectivity index (χ3n) is 2.81. The monoisotopic (exact) mass is 344 g/mol. The summed E-state index contributed by atoms with van der Waals surface area (Å²) in [7, 11) is 0. The van der Waals surface area contributed by atoms with Gasteiger partial charge in [0.05, 0.1) is 11.7 Å². The lowest BCUT2D eigenvalue weighted by Gasteiger charge is -2.11. The highest BCUT2D eigenvalue weighted by Gasteiger charge is 2.17. The molecule has 1 atom stereocenters. The van der Waals surface area contributed by atoms with E-state index in [-0.39, 0.29) is 6.04 Å². The molecule has 1 unspecified atom stereocenters. The van der Waals surface area contributed by atoms with E-state index < -0.39 is 0 Å². The lowest BCUT2D eigenvalue weighted by Crippen LogP contribution is -2.12. The highest BCUT2D eigenvalue weighted by Crippen LogP contribution is 2.32. The molecule has 0 spiro atoms. The van der Waals surface area contributed by atoms with Gasteiger partial charge in [0.25, 0.3) is 0 Å². The predicted octanol–water partition coefficient (Wildman–Crippen LogP) is 4.48. The second kappa shape index (κ2) is 5.70. The van der Waals surface area contributed by atoms with Gasteiger partial charge in [-0.25, -0.2) is 4.98 Å². The van der Waals surface area contributed by atoms with Crippen molar-refractivity contribution in [2.45, 2.75) is 26.3 Å². The topological polar surface area (TPSA) is 38.9 Å². The maximum Gasteiger partial charge on any atom is 0.114 e. The first-order valence-electron chi connectivity index (χ1n) is 5.69. The summed E-state index contributed by atoms with van der Waals surface area (Å²) in [6, 6.07) is 5.45. The van der Waals surface area contributed by atoms with E-state index in [1.807, 2.05) is 18.2 Å². The summed E-state index contributed by atoms with van der Waals surface area (Å²) in [6.07, 6.45) is 0.941. The van der Waals surface area contributed by atoms with Crippen LogP contribution in [0, 0.1) is 6.92 Å². The standard InChI is InChI=1S/C13H14BrClN2S/c1-3-11-7(2)18-13(17-11)12(16)9-5-4-8(15)6-10(9)14/h4-6,12H,3,16H2,1-2H3. The van der Waals surface area contributed by atoms with Crippen molar-refractivity contribution < 1.29 is 0 Å². The van der Waals surface area contributed by atoms with E-state index in [2.05, 4.69) is 34.8 Å². The molecule has 0 bridgehead atoms. The Balaban J connectivity index is 2.37. The largest absolute Gasteiger partial charge is 0.318 e. The van der Waals surface area contributed by atoms with Gasteiger partial charge >= 0.3 is 0 Å². The maximum absolute atomic E-state index is 6.28. The molecule has 0 radical (unpaired) electrons. The quantitative estimate of drug-likeness (QED) is 0.891. The molecule has 1 heterocycles. The van der Waals surface area contributed by atoms with Gasteiger partial charge in [-0.2, -0.15) is 0 Å². The second-order valence-corrected chi connectivity index (χ2v) is 6.58. The minimum Gasteiger partial charge on any atom is -0.318 e. The number of aromatic nitrogens is 1. The van der Waals surface area contributed by atoms with Gasteiger partial charge < -0.3 is 5.73 Å². The van der Waals surface area contributed by atoms with Gasteiger partial charge in [0.15, 0.2) is 0 Å². The van der Waals surface area contributed by atoms with Crippen LogP contribution < -0.4 is 5.73 Å². The summed E-state index contributed by atoms with van der Waals surface area (Å²) >= 11 is 11.1. The van der Waals surface area contributed by atoms with E-state index in [9.17, 15) is 0 Å². The molecule has 0 aliphatic rings. The number of halogens is 2. The minimum absolute atomic E-state index is 0.208. The lowest BCUT2D eigenvalue weighted by molar-refractivity contribution is 0.840. The van der Waals surface area contributed by atoms with Crippen molar-refractivity contribution in [3.63, 3.8) is 0 Å². The Hall–Kier alpha value is -0.420. The molecular weight excluding hydrogens is 332 g/mol. The van der Waals surface area contributed by atoms with Gasteiger partial charge in [-0.1, -0.05) is 40.5 Å². The van der Waals surface area contributed by atoms with Crippen LogP contribution in [0.4, 0.5) is 0 Å². The van der Waals surface area contributed by atoms with Crippen LogP contribution in [0.15, 0.2) is 22.7 Å². The molecule has 0 aliphatic carbocycles. The lowest BCUT2D eigenvalue weighted by atomic mass is 10.1. The van der Waals surface area contributed by atoms with Crippen molar-refractivity contribution in [1.82, 2.24) is 4.98 Å².